The number of halogens is 3. The number of methoxy groups -OCH3 is 1. The number of esters is 1. The van der Waals surface area contributed by atoms with Crippen LogP contribution in [0.25, 0.3) is 0 Å². The van der Waals surface area contributed by atoms with Gasteiger partial charge in [-0.05, 0) is 5.56 Å². The minimum atomic E-state index is -5.04. The molecule has 0 amide bonds. The minimum Gasteiger partial charge on any atom is -0.447 e. The maximum Gasteiger partial charge on any atom is 0.432 e. The van der Waals surface area contributed by atoms with Crippen LogP contribution in [-0.2, 0) is 19.9 Å². The van der Waals surface area contributed by atoms with Crippen molar-refractivity contribution in [1.82, 2.24) is 4.98 Å². The van der Waals surface area contributed by atoms with Gasteiger partial charge in [0.25, 0.3) is 5.60 Å². The van der Waals surface area contributed by atoms with Gasteiger partial charge in [0.1, 0.15) is 5.01 Å². The summed E-state index contributed by atoms with van der Waals surface area (Å²) in [5.74, 6) is -1.56. The average molecular weight is 407 g/mol. The molecule has 0 aliphatic carbocycles. The van der Waals surface area contributed by atoms with E-state index in [1.54, 1.807) is 41.8 Å². The van der Waals surface area contributed by atoms with E-state index >= 15 is 0 Å². The molecule has 1 heterocycles. The van der Waals surface area contributed by atoms with Crippen molar-refractivity contribution in [3.63, 3.8) is 0 Å². The molecule has 3 rings (SSSR count). The Morgan fingerprint density at radius 1 is 1.04 bits per heavy atom. The zero-order chi connectivity index (χ0) is 20.2. The molecule has 2 aromatic carbocycles. The summed E-state index contributed by atoms with van der Waals surface area (Å²) in [7, 11) is 0.836. The lowest BCUT2D eigenvalue weighted by molar-refractivity contribution is -0.277. The molecule has 0 fully saturated rings. The summed E-state index contributed by atoms with van der Waals surface area (Å²) in [5, 5.41) is 2.02. The standard InChI is InChI=1S/C20H16F3NO3S/c1-26-19(20(21,22)23,15-10-6-3-7-11-15)18(25)27-16(17-24-12-13-28-17)14-8-4-2-5-9-14/h2-13,16H,1H3/t16-,19+/m0/s1. The van der Waals surface area contributed by atoms with Crippen molar-refractivity contribution in [1.29, 1.82) is 0 Å². The SMILES string of the molecule is CO[C@@](C(=O)O[C@@H](c1ccccc1)c1nccs1)(c1ccccc1)C(F)(F)F. The van der Waals surface area contributed by atoms with Crippen LogP contribution in [0.3, 0.4) is 0 Å². The molecule has 0 unspecified atom stereocenters. The van der Waals surface area contributed by atoms with E-state index in [1.807, 2.05) is 0 Å². The molecule has 28 heavy (non-hydrogen) atoms. The maximum atomic E-state index is 14.1. The topological polar surface area (TPSA) is 48.4 Å². The van der Waals surface area contributed by atoms with E-state index in [4.69, 9.17) is 9.47 Å². The lowest BCUT2D eigenvalue weighted by Gasteiger charge is -2.33. The van der Waals surface area contributed by atoms with Crippen molar-refractivity contribution in [3.05, 3.63) is 88.4 Å². The van der Waals surface area contributed by atoms with E-state index in [2.05, 4.69) is 4.98 Å². The molecule has 2 atom stereocenters. The number of hydrogen-bond donors (Lipinski definition) is 0. The molecule has 0 aliphatic rings. The van der Waals surface area contributed by atoms with Crippen LogP contribution in [0, 0.1) is 0 Å². The lowest BCUT2D eigenvalue weighted by atomic mass is 9.92. The van der Waals surface area contributed by atoms with Crippen molar-refractivity contribution in [2.45, 2.75) is 17.9 Å². The van der Waals surface area contributed by atoms with Crippen LogP contribution in [0.5, 0.6) is 0 Å². The first kappa shape index (κ1) is 20.0. The second-order valence-electron chi connectivity index (χ2n) is 5.82. The smallest absolute Gasteiger partial charge is 0.432 e. The van der Waals surface area contributed by atoms with Crippen LogP contribution in [0.1, 0.15) is 22.2 Å². The summed E-state index contributed by atoms with van der Waals surface area (Å²) < 4.78 is 52.4. The highest BCUT2D eigenvalue weighted by Gasteiger charge is 2.64. The van der Waals surface area contributed by atoms with Crippen molar-refractivity contribution < 1.29 is 27.4 Å². The lowest BCUT2D eigenvalue weighted by Crippen LogP contribution is -2.52. The predicted octanol–water partition coefficient (Wildman–Crippen LogP) is 4.88. The van der Waals surface area contributed by atoms with Gasteiger partial charge in [-0.15, -0.1) is 11.3 Å². The zero-order valence-electron chi connectivity index (χ0n) is 14.7. The number of hydrogen-bond acceptors (Lipinski definition) is 5. The van der Waals surface area contributed by atoms with E-state index in [1.165, 1.54) is 41.8 Å². The third-order valence-corrected chi connectivity index (χ3v) is 4.99. The number of ether oxygens (including phenoxy) is 2. The van der Waals surface area contributed by atoms with E-state index in [0.29, 0.717) is 10.6 Å². The summed E-state index contributed by atoms with van der Waals surface area (Å²) in [6.07, 6.45) is -4.63. The molecule has 0 bridgehead atoms. The summed E-state index contributed by atoms with van der Waals surface area (Å²) in [6.45, 7) is 0. The van der Waals surface area contributed by atoms with E-state index < -0.39 is 23.9 Å². The predicted molar refractivity (Wildman–Crippen MR) is 97.7 cm³/mol. The second kappa shape index (κ2) is 8.12. The molecule has 0 saturated heterocycles. The van der Waals surface area contributed by atoms with Crippen LogP contribution in [0.4, 0.5) is 13.2 Å². The van der Waals surface area contributed by atoms with E-state index in [9.17, 15) is 18.0 Å². The Bertz CT molecular complexity index is 901. The number of benzene rings is 2. The molecule has 0 spiro atoms. The molecule has 0 N–H and O–H groups in total. The minimum absolute atomic E-state index is 0.360. The Kier molecular flexibility index (Phi) is 5.81. The fraction of sp³-hybridized carbons (Fsp3) is 0.200. The van der Waals surface area contributed by atoms with Crippen LogP contribution < -0.4 is 0 Å². The van der Waals surface area contributed by atoms with Gasteiger partial charge in [-0.1, -0.05) is 60.7 Å². The van der Waals surface area contributed by atoms with Gasteiger partial charge in [-0.2, -0.15) is 13.2 Å². The third-order valence-electron chi connectivity index (χ3n) is 4.18. The van der Waals surface area contributed by atoms with Crippen LogP contribution >= 0.6 is 11.3 Å². The molecule has 3 aromatic rings. The second-order valence-corrected chi connectivity index (χ2v) is 6.74. The number of rotatable bonds is 6. The highest BCUT2D eigenvalue weighted by atomic mass is 32.1. The van der Waals surface area contributed by atoms with Gasteiger partial charge in [-0.25, -0.2) is 9.78 Å². The van der Waals surface area contributed by atoms with Gasteiger partial charge in [-0.3, -0.25) is 0 Å². The number of carbonyl (C=O) groups excluding carboxylic acids is 1. The first-order chi connectivity index (χ1) is 13.4. The summed E-state index contributed by atoms with van der Waals surface area (Å²) in [5.41, 5.74) is -3.11. The average Bonchev–Trinajstić information content (AvgIpc) is 3.22. The number of thiazole rings is 1. The van der Waals surface area contributed by atoms with Crippen molar-refractivity contribution in [2.75, 3.05) is 7.11 Å². The summed E-state index contributed by atoms with van der Waals surface area (Å²) >= 11 is 1.18. The fourth-order valence-corrected chi connectivity index (χ4v) is 3.52. The number of nitrogens with zero attached hydrogens (tertiary/aromatic N) is 1. The molecule has 0 saturated carbocycles. The number of aromatic nitrogens is 1. The van der Waals surface area contributed by atoms with Crippen molar-refractivity contribution in [2.24, 2.45) is 0 Å². The number of carbonyl (C=O) groups is 1. The Balaban J connectivity index is 2.05. The van der Waals surface area contributed by atoms with E-state index in [0.717, 1.165) is 7.11 Å². The Morgan fingerprint density at radius 2 is 1.64 bits per heavy atom. The zero-order valence-corrected chi connectivity index (χ0v) is 15.5. The van der Waals surface area contributed by atoms with E-state index in [-0.39, 0.29) is 5.56 Å². The molecule has 0 aliphatic heterocycles. The van der Waals surface area contributed by atoms with Crippen molar-refractivity contribution in [3.8, 4) is 0 Å². The first-order valence-electron chi connectivity index (χ1n) is 8.23. The molecular weight excluding hydrogens is 391 g/mol. The number of alkyl halides is 3. The summed E-state index contributed by atoms with van der Waals surface area (Å²) in [6, 6.07) is 15.2. The van der Waals surface area contributed by atoms with Gasteiger partial charge in [0.2, 0.25) is 0 Å². The van der Waals surface area contributed by atoms with Gasteiger partial charge in [0, 0.05) is 24.3 Å². The van der Waals surface area contributed by atoms with Gasteiger partial charge in [0.15, 0.2) is 6.10 Å². The maximum absolute atomic E-state index is 14.1. The largest absolute Gasteiger partial charge is 0.447 e. The Hall–Kier alpha value is -2.71. The van der Waals surface area contributed by atoms with Crippen LogP contribution in [0.2, 0.25) is 0 Å². The molecule has 0 radical (unpaired) electrons. The fourth-order valence-electron chi connectivity index (χ4n) is 2.83. The Labute approximate surface area is 163 Å². The molecule has 146 valence electrons. The molecule has 4 nitrogen and oxygen atoms in total. The monoisotopic (exact) mass is 407 g/mol. The van der Waals surface area contributed by atoms with Crippen LogP contribution in [-0.4, -0.2) is 24.2 Å². The van der Waals surface area contributed by atoms with Crippen molar-refractivity contribution >= 4 is 17.3 Å². The van der Waals surface area contributed by atoms with Gasteiger partial charge >= 0.3 is 12.1 Å². The Morgan fingerprint density at radius 3 is 2.14 bits per heavy atom. The third kappa shape index (κ3) is 3.65. The highest BCUT2D eigenvalue weighted by molar-refractivity contribution is 7.09. The quantitative estimate of drug-likeness (QED) is 0.547. The molecular formula is C20H16F3NO3S. The van der Waals surface area contributed by atoms with Gasteiger partial charge in [0.05, 0.1) is 0 Å². The summed E-state index contributed by atoms with van der Waals surface area (Å²) in [4.78, 5) is 17.0. The van der Waals surface area contributed by atoms with Crippen LogP contribution in [0.15, 0.2) is 72.2 Å². The highest BCUT2D eigenvalue weighted by Crippen LogP contribution is 2.44. The first-order valence-corrected chi connectivity index (χ1v) is 9.11. The normalized spacial score (nSPS) is 14.9. The molecule has 1 aromatic heterocycles. The molecule has 8 heteroatoms. The van der Waals surface area contributed by atoms with Gasteiger partial charge < -0.3 is 9.47 Å².